The van der Waals surface area contributed by atoms with Gasteiger partial charge in [-0.05, 0) is 25.1 Å². The summed E-state index contributed by atoms with van der Waals surface area (Å²) in [4.78, 5) is 15.9. The predicted molar refractivity (Wildman–Crippen MR) is 107 cm³/mol. The van der Waals surface area contributed by atoms with Crippen LogP contribution >= 0.6 is 0 Å². The molecule has 0 saturated heterocycles. The molecule has 2 aromatic heterocycles. The number of ether oxygens (including phenoxy) is 2. The molecule has 6 nitrogen and oxygen atoms in total. The fourth-order valence-electron chi connectivity index (χ4n) is 3.74. The summed E-state index contributed by atoms with van der Waals surface area (Å²) in [6, 6.07) is 7.99. The zero-order chi connectivity index (χ0) is 19.5. The Bertz CT molecular complexity index is 976. The highest BCUT2D eigenvalue weighted by Gasteiger charge is 2.21. The van der Waals surface area contributed by atoms with Gasteiger partial charge in [-0.15, -0.1) is 0 Å². The van der Waals surface area contributed by atoms with Crippen molar-refractivity contribution in [1.82, 2.24) is 19.9 Å². The lowest BCUT2D eigenvalue weighted by molar-refractivity contribution is 0.239. The monoisotopic (exact) mass is 376 g/mol. The maximum atomic E-state index is 5.66. The highest BCUT2D eigenvalue weighted by molar-refractivity contribution is 5.53. The Labute approximate surface area is 165 Å². The maximum absolute atomic E-state index is 5.66. The first-order valence-electron chi connectivity index (χ1n) is 9.37. The van der Waals surface area contributed by atoms with Crippen LogP contribution in [0.25, 0.3) is 11.4 Å². The summed E-state index contributed by atoms with van der Waals surface area (Å²) in [6.45, 7) is 4.62. The van der Waals surface area contributed by atoms with E-state index in [0.717, 1.165) is 65.8 Å². The molecule has 0 amide bonds. The number of hydrogen-bond donors (Lipinski definition) is 0. The summed E-state index contributed by atoms with van der Waals surface area (Å²) < 4.78 is 11.1. The summed E-state index contributed by atoms with van der Waals surface area (Å²) in [5.74, 6) is 2.49. The Morgan fingerprint density at radius 3 is 2.75 bits per heavy atom. The van der Waals surface area contributed by atoms with Crippen molar-refractivity contribution in [2.24, 2.45) is 0 Å². The van der Waals surface area contributed by atoms with E-state index in [4.69, 9.17) is 14.5 Å². The van der Waals surface area contributed by atoms with Crippen LogP contribution in [0, 0.1) is 6.92 Å². The van der Waals surface area contributed by atoms with Crippen LogP contribution in [0.4, 0.5) is 0 Å². The SMILES string of the molecule is COc1ccc(CN2CCc3nc(-c4cccnc4)ncc3C2)c(OC)c1C. The first-order chi connectivity index (χ1) is 13.7. The zero-order valence-corrected chi connectivity index (χ0v) is 16.5. The van der Waals surface area contributed by atoms with Crippen molar-refractivity contribution in [3.63, 3.8) is 0 Å². The van der Waals surface area contributed by atoms with Crippen molar-refractivity contribution >= 4 is 0 Å². The Kier molecular flexibility index (Phi) is 5.21. The molecular formula is C22H24N4O2. The molecule has 0 saturated carbocycles. The lowest BCUT2D eigenvalue weighted by Gasteiger charge is -2.29. The Hall–Kier alpha value is -2.99. The normalized spacial score (nSPS) is 13.8. The van der Waals surface area contributed by atoms with Crippen LogP contribution in [0.3, 0.4) is 0 Å². The molecule has 0 unspecified atom stereocenters. The smallest absolute Gasteiger partial charge is 0.160 e. The average Bonchev–Trinajstić information content (AvgIpc) is 2.74. The summed E-state index contributed by atoms with van der Waals surface area (Å²) in [5.41, 5.74) is 5.46. The van der Waals surface area contributed by atoms with Crippen LogP contribution in [0.5, 0.6) is 11.5 Å². The van der Waals surface area contributed by atoms with Gasteiger partial charge in [0.05, 0.1) is 19.9 Å². The summed E-state index contributed by atoms with van der Waals surface area (Å²) >= 11 is 0. The number of methoxy groups -OCH3 is 2. The van der Waals surface area contributed by atoms with Crippen LogP contribution < -0.4 is 9.47 Å². The molecule has 0 N–H and O–H groups in total. The number of hydrogen-bond acceptors (Lipinski definition) is 6. The number of fused-ring (bicyclic) bond motifs is 1. The molecule has 0 fully saturated rings. The van der Waals surface area contributed by atoms with E-state index in [1.807, 2.05) is 31.3 Å². The molecule has 6 heteroatoms. The molecule has 0 bridgehead atoms. The molecule has 0 radical (unpaired) electrons. The first kappa shape index (κ1) is 18.4. The molecule has 3 heterocycles. The van der Waals surface area contributed by atoms with Crippen molar-refractivity contribution in [2.45, 2.75) is 26.4 Å². The van der Waals surface area contributed by atoms with Gasteiger partial charge < -0.3 is 9.47 Å². The standard InChI is InChI=1S/C22H24N4O2/c1-15-20(27-2)7-6-17(21(15)28-3)13-26-10-8-19-18(14-26)12-24-22(25-19)16-5-4-9-23-11-16/h4-7,9,11-12H,8,10,13-14H2,1-3H3. The molecule has 1 aromatic carbocycles. The van der Waals surface area contributed by atoms with Gasteiger partial charge >= 0.3 is 0 Å². The minimum absolute atomic E-state index is 0.743. The fourth-order valence-corrected chi connectivity index (χ4v) is 3.74. The summed E-state index contributed by atoms with van der Waals surface area (Å²) in [6.07, 6.45) is 6.42. The molecule has 144 valence electrons. The zero-order valence-electron chi connectivity index (χ0n) is 16.5. The van der Waals surface area contributed by atoms with Crippen molar-refractivity contribution < 1.29 is 9.47 Å². The number of rotatable bonds is 5. The fraction of sp³-hybridized carbons (Fsp3) is 0.318. The lowest BCUT2D eigenvalue weighted by Crippen LogP contribution is -2.31. The lowest BCUT2D eigenvalue weighted by atomic mass is 10.0. The molecular weight excluding hydrogens is 352 g/mol. The number of aromatic nitrogens is 3. The van der Waals surface area contributed by atoms with Crippen LogP contribution in [0.1, 0.15) is 22.4 Å². The summed E-state index contributed by atoms with van der Waals surface area (Å²) in [7, 11) is 3.40. The average molecular weight is 376 g/mol. The Morgan fingerprint density at radius 2 is 2.00 bits per heavy atom. The predicted octanol–water partition coefficient (Wildman–Crippen LogP) is 3.42. The number of pyridine rings is 1. The van der Waals surface area contributed by atoms with E-state index in [-0.39, 0.29) is 0 Å². The topological polar surface area (TPSA) is 60.4 Å². The minimum atomic E-state index is 0.743. The Morgan fingerprint density at radius 1 is 1.11 bits per heavy atom. The van der Waals surface area contributed by atoms with E-state index in [0.29, 0.717) is 0 Å². The van der Waals surface area contributed by atoms with Crippen LogP contribution in [0.2, 0.25) is 0 Å². The highest BCUT2D eigenvalue weighted by atomic mass is 16.5. The third kappa shape index (κ3) is 3.55. The third-order valence-corrected chi connectivity index (χ3v) is 5.19. The summed E-state index contributed by atoms with van der Waals surface area (Å²) in [5, 5.41) is 0. The largest absolute Gasteiger partial charge is 0.496 e. The quantitative estimate of drug-likeness (QED) is 0.680. The van der Waals surface area contributed by atoms with Crippen LogP contribution in [-0.4, -0.2) is 40.6 Å². The van der Waals surface area contributed by atoms with E-state index in [1.54, 1.807) is 26.6 Å². The third-order valence-electron chi connectivity index (χ3n) is 5.19. The van der Waals surface area contributed by atoms with E-state index in [1.165, 1.54) is 5.56 Å². The van der Waals surface area contributed by atoms with Gasteiger partial charge in [-0.1, -0.05) is 6.07 Å². The number of nitrogens with zero attached hydrogens (tertiary/aromatic N) is 4. The van der Waals surface area contributed by atoms with Crippen LogP contribution in [-0.2, 0) is 19.5 Å². The number of benzene rings is 1. The van der Waals surface area contributed by atoms with E-state index >= 15 is 0 Å². The molecule has 28 heavy (non-hydrogen) atoms. The van der Waals surface area contributed by atoms with Crippen molar-refractivity contribution in [1.29, 1.82) is 0 Å². The van der Waals surface area contributed by atoms with Crippen molar-refractivity contribution in [3.8, 4) is 22.9 Å². The molecule has 1 aliphatic heterocycles. The first-order valence-corrected chi connectivity index (χ1v) is 9.37. The van der Waals surface area contributed by atoms with Gasteiger partial charge in [0.25, 0.3) is 0 Å². The second-order valence-corrected chi connectivity index (χ2v) is 6.95. The van der Waals surface area contributed by atoms with E-state index in [9.17, 15) is 0 Å². The van der Waals surface area contributed by atoms with E-state index < -0.39 is 0 Å². The van der Waals surface area contributed by atoms with Gasteiger partial charge in [0.1, 0.15) is 11.5 Å². The highest BCUT2D eigenvalue weighted by Crippen LogP contribution is 2.33. The second-order valence-electron chi connectivity index (χ2n) is 6.95. The molecule has 4 rings (SSSR count). The van der Waals surface area contributed by atoms with Gasteiger partial charge in [-0.2, -0.15) is 0 Å². The van der Waals surface area contributed by atoms with Gasteiger partial charge in [-0.3, -0.25) is 9.88 Å². The van der Waals surface area contributed by atoms with Gasteiger partial charge in [0, 0.05) is 66.9 Å². The van der Waals surface area contributed by atoms with Gasteiger partial charge in [-0.25, -0.2) is 9.97 Å². The molecule has 1 aliphatic rings. The Balaban J connectivity index is 1.53. The molecule has 0 aliphatic carbocycles. The van der Waals surface area contributed by atoms with Gasteiger partial charge in [0.15, 0.2) is 5.82 Å². The van der Waals surface area contributed by atoms with Crippen molar-refractivity contribution in [2.75, 3.05) is 20.8 Å². The molecule has 0 atom stereocenters. The van der Waals surface area contributed by atoms with E-state index in [2.05, 4.69) is 20.9 Å². The van der Waals surface area contributed by atoms with Gasteiger partial charge in [0.2, 0.25) is 0 Å². The molecule has 0 spiro atoms. The minimum Gasteiger partial charge on any atom is -0.496 e. The van der Waals surface area contributed by atoms with Crippen LogP contribution in [0.15, 0.2) is 42.9 Å². The second kappa shape index (κ2) is 7.94. The maximum Gasteiger partial charge on any atom is 0.160 e. The van der Waals surface area contributed by atoms with Crippen molar-refractivity contribution in [3.05, 3.63) is 65.2 Å². The molecule has 3 aromatic rings.